The molecule has 0 saturated carbocycles. The number of rotatable bonds is 9. The molecule has 0 amide bonds. The monoisotopic (exact) mass is 613 g/mol. The lowest BCUT2D eigenvalue weighted by molar-refractivity contribution is -0.138. The number of alkyl halides is 3. The fraction of sp³-hybridized carbons (Fsp3) is 0.419. The standard InChI is InChI=1S/C31H34F3N5O5/c1-20-26(29-37-35-19-43-29)27(22-9-4-5-10-23(22)31(32,33)34)28(21(2)36-20)44-30(40)42-18-8-13-38-14-16-39(17-15-38)24-11-6-7-12-25(24)41-3/h4-7,9-12,19,26-27H,8,13-18H2,1-3H3. The first-order chi connectivity index (χ1) is 21.2. The summed E-state index contributed by atoms with van der Waals surface area (Å²) >= 11 is 0. The molecule has 3 heterocycles. The number of methoxy groups -OCH3 is 1. The summed E-state index contributed by atoms with van der Waals surface area (Å²) in [5, 5.41) is 7.64. The summed E-state index contributed by atoms with van der Waals surface area (Å²) in [7, 11) is 1.66. The van der Waals surface area contributed by atoms with Crippen LogP contribution in [0.5, 0.6) is 5.75 Å². The molecule has 0 radical (unpaired) electrons. The van der Waals surface area contributed by atoms with Crippen LogP contribution in [0.2, 0.25) is 0 Å². The Kier molecular flexibility index (Phi) is 9.52. The van der Waals surface area contributed by atoms with Crippen LogP contribution in [0, 0.1) is 0 Å². The molecule has 2 aliphatic heterocycles. The number of halogens is 3. The third-order valence-electron chi connectivity index (χ3n) is 7.84. The van der Waals surface area contributed by atoms with Crippen molar-refractivity contribution >= 4 is 17.6 Å². The molecule has 2 unspecified atom stereocenters. The second kappa shape index (κ2) is 13.5. The molecule has 2 aliphatic rings. The van der Waals surface area contributed by atoms with Gasteiger partial charge in [0.2, 0.25) is 12.3 Å². The van der Waals surface area contributed by atoms with Crippen LogP contribution in [0.15, 0.2) is 75.8 Å². The number of para-hydroxylation sites is 2. The minimum atomic E-state index is -4.66. The van der Waals surface area contributed by atoms with Gasteiger partial charge in [0.1, 0.15) is 11.5 Å². The maximum absolute atomic E-state index is 14.1. The van der Waals surface area contributed by atoms with Gasteiger partial charge in [0.05, 0.1) is 42.5 Å². The number of nitrogens with zero attached hydrogens (tertiary/aromatic N) is 5. The van der Waals surface area contributed by atoms with Crippen molar-refractivity contribution in [2.45, 2.75) is 38.3 Å². The Morgan fingerprint density at radius 1 is 1.02 bits per heavy atom. The highest BCUT2D eigenvalue weighted by atomic mass is 19.4. The molecule has 3 aromatic rings. The van der Waals surface area contributed by atoms with Crippen LogP contribution < -0.4 is 9.64 Å². The fourth-order valence-corrected chi connectivity index (χ4v) is 5.80. The van der Waals surface area contributed by atoms with Gasteiger partial charge in [0.15, 0.2) is 0 Å². The number of hydrogen-bond donors (Lipinski definition) is 0. The predicted molar refractivity (Wildman–Crippen MR) is 156 cm³/mol. The van der Waals surface area contributed by atoms with Crippen molar-refractivity contribution in [2.24, 2.45) is 4.99 Å². The van der Waals surface area contributed by atoms with E-state index in [1.165, 1.54) is 18.2 Å². The summed E-state index contributed by atoms with van der Waals surface area (Å²) in [6.45, 7) is 7.36. The average molecular weight is 614 g/mol. The highest BCUT2D eigenvalue weighted by Crippen LogP contribution is 2.47. The first kappa shape index (κ1) is 31.0. The van der Waals surface area contributed by atoms with Gasteiger partial charge in [-0.2, -0.15) is 13.2 Å². The molecule has 2 aromatic carbocycles. The van der Waals surface area contributed by atoms with Crippen molar-refractivity contribution < 1.29 is 36.6 Å². The molecule has 0 aliphatic carbocycles. The Bertz CT molecular complexity index is 1500. The van der Waals surface area contributed by atoms with Crippen LogP contribution >= 0.6 is 0 Å². The van der Waals surface area contributed by atoms with Crippen molar-refractivity contribution in [2.75, 3.05) is 51.3 Å². The zero-order valence-electron chi connectivity index (χ0n) is 24.7. The van der Waals surface area contributed by atoms with Gasteiger partial charge in [-0.25, -0.2) is 4.79 Å². The van der Waals surface area contributed by atoms with Crippen LogP contribution in [-0.4, -0.2) is 73.4 Å². The van der Waals surface area contributed by atoms with Gasteiger partial charge in [-0.05, 0) is 44.0 Å². The second-order valence-electron chi connectivity index (χ2n) is 10.6. The maximum atomic E-state index is 14.1. The van der Waals surface area contributed by atoms with Gasteiger partial charge in [0.25, 0.3) is 0 Å². The lowest BCUT2D eigenvalue weighted by atomic mass is 9.77. The third kappa shape index (κ3) is 6.88. The number of piperazine rings is 1. The second-order valence-corrected chi connectivity index (χ2v) is 10.6. The van der Waals surface area contributed by atoms with Crippen molar-refractivity contribution in [1.82, 2.24) is 15.1 Å². The number of aromatic nitrogens is 2. The Labute approximate surface area is 253 Å². The molecule has 5 rings (SSSR count). The molecular formula is C31H34F3N5O5. The number of allylic oxidation sites excluding steroid dienone is 2. The van der Waals surface area contributed by atoms with Crippen LogP contribution in [0.3, 0.4) is 0 Å². The number of benzene rings is 2. The lowest BCUT2D eigenvalue weighted by Gasteiger charge is -2.36. The highest BCUT2D eigenvalue weighted by Gasteiger charge is 2.44. The smallest absolute Gasteiger partial charge is 0.495 e. The van der Waals surface area contributed by atoms with Crippen LogP contribution in [0.25, 0.3) is 0 Å². The number of carbonyl (C=O) groups excluding carboxylic acids is 1. The summed E-state index contributed by atoms with van der Waals surface area (Å²) in [6.07, 6.45) is -4.03. The molecule has 1 saturated heterocycles. The molecule has 1 fully saturated rings. The number of aliphatic imine (C=N–C) groups is 1. The summed E-state index contributed by atoms with van der Waals surface area (Å²) in [4.78, 5) is 21.9. The first-order valence-electron chi connectivity index (χ1n) is 14.3. The normalized spacial score (nSPS) is 19.5. The number of ether oxygens (including phenoxy) is 3. The van der Waals surface area contributed by atoms with Gasteiger partial charge < -0.3 is 23.5 Å². The Hall–Kier alpha value is -4.39. The zero-order chi connectivity index (χ0) is 31.3. The van der Waals surface area contributed by atoms with Crippen molar-refractivity contribution in [1.29, 1.82) is 0 Å². The molecule has 2 atom stereocenters. The summed E-state index contributed by atoms with van der Waals surface area (Å²) in [5.74, 6) is -1.17. The zero-order valence-corrected chi connectivity index (χ0v) is 24.7. The molecule has 10 nitrogen and oxygen atoms in total. The number of anilines is 1. The highest BCUT2D eigenvalue weighted by molar-refractivity contribution is 5.91. The minimum Gasteiger partial charge on any atom is -0.495 e. The summed E-state index contributed by atoms with van der Waals surface area (Å²) < 4.78 is 64.2. The van der Waals surface area contributed by atoms with Gasteiger partial charge in [-0.15, -0.1) is 10.2 Å². The molecule has 0 spiro atoms. The van der Waals surface area contributed by atoms with Gasteiger partial charge in [0, 0.05) is 38.4 Å². The van der Waals surface area contributed by atoms with Gasteiger partial charge in [-0.3, -0.25) is 9.89 Å². The number of hydrogen-bond acceptors (Lipinski definition) is 10. The van der Waals surface area contributed by atoms with Crippen molar-refractivity contribution in [3.63, 3.8) is 0 Å². The maximum Gasteiger partial charge on any atom is 0.513 e. The van der Waals surface area contributed by atoms with E-state index in [0.717, 1.165) is 50.1 Å². The summed E-state index contributed by atoms with van der Waals surface area (Å²) in [6, 6.07) is 13.1. The third-order valence-corrected chi connectivity index (χ3v) is 7.84. The minimum absolute atomic E-state index is 0.0565. The quantitative estimate of drug-likeness (QED) is 0.211. The molecule has 0 N–H and O–H groups in total. The predicted octanol–water partition coefficient (Wildman–Crippen LogP) is 6.04. The van der Waals surface area contributed by atoms with E-state index < -0.39 is 29.7 Å². The Morgan fingerprint density at radius 2 is 1.75 bits per heavy atom. The van der Waals surface area contributed by atoms with E-state index in [1.54, 1.807) is 21.0 Å². The van der Waals surface area contributed by atoms with Gasteiger partial charge in [-0.1, -0.05) is 30.3 Å². The molecule has 234 valence electrons. The van der Waals surface area contributed by atoms with E-state index >= 15 is 0 Å². The van der Waals surface area contributed by atoms with Crippen LogP contribution in [-0.2, 0) is 15.7 Å². The van der Waals surface area contributed by atoms with E-state index in [9.17, 15) is 18.0 Å². The largest absolute Gasteiger partial charge is 0.513 e. The molecule has 1 aromatic heterocycles. The molecule has 0 bridgehead atoms. The Morgan fingerprint density at radius 3 is 2.45 bits per heavy atom. The van der Waals surface area contributed by atoms with Crippen molar-refractivity contribution in [3.05, 3.63) is 83.4 Å². The fourth-order valence-electron chi connectivity index (χ4n) is 5.80. The topological polar surface area (TPSA) is 103 Å². The first-order valence-corrected chi connectivity index (χ1v) is 14.3. The molecular weight excluding hydrogens is 579 g/mol. The van der Waals surface area contributed by atoms with Crippen LogP contribution in [0.1, 0.15) is 49.1 Å². The molecule has 13 heteroatoms. The van der Waals surface area contributed by atoms with Gasteiger partial charge >= 0.3 is 12.3 Å². The SMILES string of the molecule is COc1ccccc1N1CCN(CCCOC(=O)OC2=C(C)N=C(C)C(c3nnco3)C2c2ccccc2C(F)(F)F)CC1. The van der Waals surface area contributed by atoms with E-state index in [2.05, 4.69) is 25.0 Å². The average Bonchev–Trinajstić information content (AvgIpc) is 3.55. The number of carbonyl (C=O) groups is 1. The van der Waals surface area contributed by atoms with E-state index in [0.29, 0.717) is 18.7 Å². The Balaban J connectivity index is 1.22. The van der Waals surface area contributed by atoms with E-state index in [4.69, 9.17) is 18.6 Å². The molecule has 44 heavy (non-hydrogen) atoms. The lowest BCUT2D eigenvalue weighted by Crippen LogP contribution is -2.46. The van der Waals surface area contributed by atoms with Crippen molar-refractivity contribution in [3.8, 4) is 5.75 Å². The van der Waals surface area contributed by atoms with E-state index in [1.807, 2.05) is 24.3 Å². The summed E-state index contributed by atoms with van der Waals surface area (Å²) in [5.41, 5.74) is 0.791. The van der Waals surface area contributed by atoms with Crippen LogP contribution in [0.4, 0.5) is 23.7 Å². The van der Waals surface area contributed by atoms with E-state index in [-0.39, 0.29) is 29.5 Å².